The van der Waals surface area contributed by atoms with E-state index in [1.807, 2.05) is 24.3 Å². The Morgan fingerprint density at radius 3 is 2.20 bits per heavy atom. The topological polar surface area (TPSA) is 96.4 Å². The summed E-state index contributed by atoms with van der Waals surface area (Å²) < 4.78 is 0. The van der Waals surface area contributed by atoms with Crippen LogP contribution in [0.25, 0.3) is 0 Å². The molecule has 5 aliphatic rings. The fourth-order valence-electron chi connectivity index (χ4n) is 10.1. The third-order valence-electron chi connectivity index (χ3n) is 13.1. The van der Waals surface area contributed by atoms with Crippen LogP contribution < -0.4 is 15.1 Å². The number of aromatic hydroxyl groups is 1. The van der Waals surface area contributed by atoms with Crippen LogP contribution in [0.3, 0.4) is 0 Å². The van der Waals surface area contributed by atoms with Gasteiger partial charge >= 0.3 is 0 Å². The number of hydrogen-bond donors (Lipinski definition) is 2. The number of carbonyl (C=O) groups excluding carboxylic acids is 3. The number of nitrogens with zero attached hydrogens (tertiary/aromatic N) is 4. The number of nitrogens with one attached hydrogen (secondary N) is 1. The molecule has 0 aromatic heterocycles. The first kappa shape index (κ1) is 35.5. The first-order valence-corrected chi connectivity index (χ1v) is 20.3. The Morgan fingerprint density at radius 2 is 1.44 bits per heavy atom. The molecule has 2 N–H and O–H groups in total. The fourth-order valence-corrected chi connectivity index (χ4v) is 10.1. The van der Waals surface area contributed by atoms with Crippen molar-refractivity contribution in [3.05, 3.63) is 124 Å². The number of piperazine rings is 1. The molecule has 1 aliphatic carbocycles. The summed E-state index contributed by atoms with van der Waals surface area (Å²) in [6, 6.07) is 29.6. The number of amides is 3. The van der Waals surface area contributed by atoms with E-state index in [4.69, 9.17) is 0 Å². The van der Waals surface area contributed by atoms with Gasteiger partial charge in [-0.15, -0.1) is 0 Å². The molecule has 3 fully saturated rings. The van der Waals surface area contributed by atoms with Crippen LogP contribution in [-0.2, 0) is 22.6 Å². The van der Waals surface area contributed by atoms with Gasteiger partial charge in [0.15, 0.2) is 0 Å². The van der Waals surface area contributed by atoms with Gasteiger partial charge in [-0.05, 0) is 127 Å². The number of anilines is 2. The highest BCUT2D eigenvalue weighted by Gasteiger charge is 2.39. The smallest absolute Gasteiger partial charge is 0.255 e. The highest BCUT2D eigenvalue weighted by Crippen LogP contribution is 2.48. The molecule has 4 aromatic carbocycles. The van der Waals surface area contributed by atoms with Crippen molar-refractivity contribution in [2.45, 2.75) is 69.9 Å². The molecule has 0 spiro atoms. The van der Waals surface area contributed by atoms with Gasteiger partial charge < -0.3 is 19.8 Å². The number of benzene rings is 4. The maximum atomic E-state index is 13.2. The quantitative estimate of drug-likeness (QED) is 0.213. The summed E-state index contributed by atoms with van der Waals surface area (Å²) in [5.74, 6) is 0.943. The Bertz CT molecular complexity index is 2100. The van der Waals surface area contributed by atoms with Crippen molar-refractivity contribution < 1.29 is 19.5 Å². The van der Waals surface area contributed by atoms with Gasteiger partial charge in [0, 0.05) is 81.6 Å². The Labute approximate surface area is 323 Å². The number of phenols is 1. The van der Waals surface area contributed by atoms with Crippen LogP contribution in [0.4, 0.5) is 11.4 Å². The molecule has 9 rings (SSSR count). The van der Waals surface area contributed by atoms with Crippen LogP contribution in [0, 0.1) is 12.8 Å². The molecule has 0 radical (unpaired) electrons. The van der Waals surface area contributed by atoms with Crippen LogP contribution in [-0.4, -0.2) is 84.5 Å². The monoisotopic (exact) mass is 737 g/mol. The molecule has 3 atom stereocenters. The van der Waals surface area contributed by atoms with Gasteiger partial charge in [-0.3, -0.25) is 24.6 Å². The SMILES string of the molecule is Cc1cc(N2CCC(CN3CCN(c4ccc5c(c4)CN([C@H]4CCC(=O)NC4=O)C5=O)CC3)CC2)ccc1[C@H]1c2ccc(O)cc2CC[C@H]1c1ccccc1. The van der Waals surface area contributed by atoms with Crippen LogP contribution >= 0.6 is 0 Å². The lowest BCUT2D eigenvalue weighted by Gasteiger charge is -2.40. The van der Waals surface area contributed by atoms with E-state index in [-0.39, 0.29) is 30.1 Å². The summed E-state index contributed by atoms with van der Waals surface area (Å²) in [6.07, 6.45) is 5.08. The van der Waals surface area contributed by atoms with E-state index in [0.717, 1.165) is 69.9 Å². The van der Waals surface area contributed by atoms with Gasteiger partial charge in [0.2, 0.25) is 11.8 Å². The van der Waals surface area contributed by atoms with Gasteiger partial charge in [0.25, 0.3) is 5.91 Å². The van der Waals surface area contributed by atoms with Crippen LogP contribution in [0.1, 0.15) is 87.7 Å². The number of piperidine rings is 2. The van der Waals surface area contributed by atoms with E-state index < -0.39 is 6.04 Å². The second-order valence-corrected chi connectivity index (χ2v) is 16.4. The zero-order valence-corrected chi connectivity index (χ0v) is 31.8. The third kappa shape index (κ3) is 6.99. The number of aryl methyl sites for hydroxylation is 2. The molecular formula is C46H51N5O4. The minimum absolute atomic E-state index is 0.121. The largest absolute Gasteiger partial charge is 0.508 e. The van der Waals surface area contributed by atoms with Crippen LogP contribution in [0.5, 0.6) is 5.75 Å². The van der Waals surface area contributed by atoms with Crippen molar-refractivity contribution in [1.82, 2.24) is 15.1 Å². The molecule has 55 heavy (non-hydrogen) atoms. The lowest BCUT2D eigenvalue weighted by molar-refractivity contribution is -0.136. The molecule has 0 unspecified atom stereocenters. The fraction of sp³-hybridized carbons (Fsp3) is 0.413. The summed E-state index contributed by atoms with van der Waals surface area (Å²) in [5, 5.41) is 12.7. The highest BCUT2D eigenvalue weighted by atomic mass is 16.3. The predicted molar refractivity (Wildman–Crippen MR) is 215 cm³/mol. The molecule has 4 aromatic rings. The van der Waals surface area contributed by atoms with Crippen molar-refractivity contribution in [2.24, 2.45) is 5.92 Å². The number of hydrogen-bond acceptors (Lipinski definition) is 7. The normalized spacial score (nSPS) is 23.5. The van der Waals surface area contributed by atoms with Gasteiger partial charge in [0.1, 0.15) is 11.8 Å². The molecule has 0 bridgehead atoms. The molecule has 4 heterocycles. The average Bonchev–Trinajstić information content (AvgIpc) is 3.53. The van der Waals surface area contributed by atoms with Gasteiger partial charge in [-0.1, -0.05) is 42.5 Å². The second kappa shape index (κ2) is 14.8. The van der Waals surface area contributed by atoms with Crippen molar-refractivity contribution >= 4 is 29.1 Å². The number of phenolic OH excluding ortho intramolecular Hbond substituents is 1. The number of rotatable bonds is 7. The number of imide groups is 1. The maximum Gasteiger partial charge on any atom is 0.255 e. The Kier molecular flexibility index (Phi) is 9.58. The molecule has 9 nitrogen and oxygen atoms in total. The molecule has 0 saturated carbocycles. The molecule has 4 aliphatic heterocycles. The van der Waals surface area contributed by atoms with Crippen LogP contribution in [0.15, 0.2) is 84.9 Å². The average molecular weight is 738 g/mol. The summed E-state index contributed by atoms with van der Waals surface area (Å²) in [5.41, 5.74) is 10.8. The van der Waals surface area contributed by atoms with Crippen molar-refractivity contribution in [3.8, 4) is 5.75 Å². The number of carbonyl (C=O) groups is 3. The Morgan fingerprint density at radius 1 is 0.709 bits per heavy atom. The minimum Gasteiger partial charge on any atom is -0.508 e. The predicted octanol–water partition coefficient (Wildman–Crippen LogP) is 6.36. The third-order valence-corrected chi connectivity index (χ3v) is 13.1. The van der Waals surface area contributed by atoms with Crippen molar-refractivity contribution in [1.29, 1.82) is 0 Å². The summed E-state index contributed by atoms with van der Waals surface area (Å²) >= 11 is 0. The van der Waals surface area contributed by atoms with E-state index in [9.17, 15) is 19.5 Å². The van der Waals surface area contributed by atoms with E-state index in [2.05, 4.69) is 87.6 Å². The summed E-state index contributed by atoms with van der Waals surface area (Å²) in [6.45, 7) is 9.91. The van der Waals surface area contributed by atoms with E-state index in [1.165, 1.54) is 46.3 Å². The van der Waals surface area contributed by atoms with E-state index >= 15 is 0 Å². The second-order valence-electron chi connectivity index (χ2n) is 16.4. The van der Waals surface area contributed by atoms with Gasteiger partial charge in [-0.2, -0.15) is 0 Å². The lowest BCUT2D eigenvalue weighted by Crippen LogP contribution is -2.52. The van der Waals surface area contributed by atoms with E-state index in [1.54, 1.807) is 4.90 Å². The Hall–Kier alpha value is -5.15. The molecule has 9 heteroatoms. The first-order valence-electron chi connectivity index (χ1n) is 20.3. The minimum atomic E-state index is -0.586. The van der Waals surface area contributed by atoms with Crippen molar-refractivity contribution in [3.63, 3.8) is 0 Å². The zero-order chi connectivity index (χ0) is 37.6. The summed E-state index contributed by atoms with van der Waals surface area (Å²) in [4.78, 5) is 46.5. The van der Waals surface area contributed by atoms with Gasteiger partial charge in [0.05, 0.1) is 0 Å². The molecular weight excluding hydrogens is 687 g/mol. The first-order chi connectivity index (χ1) is 26.8. The molecule has 284 valence electrons. The molecule has 3 amide bonds. The maximum absolute atomic E-state index is 13.2. The van der Waals surface area contributed by atoms with E-state index in [0.29, 0.717) is 36.1 Å². The highest BCUT2D eigenvalue weighted by molar-refractivity contribution is 6.05. The molecule has 3 saturated heterocycles. The zero-order valence-electron chi connectivity index (χ0n) is 31.8. The van der Waals surface area contributed by atoms with Gasteiger partial charge in [-0.25, -0.2) is 0 Å². The summed E-state index contributed by atoms with van der Waals surface area (Å²) in [7, 11) is 0. The standard InChI is InChI=1S/C46H51N5O4/c1-30-25-35(8-12-38(30)44-39(32-5-3-2-4-6-32)11-7-33-27-37(52)10-14-40(33)44)49-19-17-31(18-20-49)28-48-21-23-50(24-22-48)36-9-13-41-34(26-36)29-51(46(41)55)42-15-16-43(53)47-45(42)54/h2-6,8-10,12-14,25-27,31,39,42,44,52H,7,11,15-24,28-29H2,1H3,(H,47,53,54)/t39-,42-,44+/m0/s1. The lowest BCUT2D eigenvalue weighted by atomic mass is 9.68. The van der Waals surface area contributed by atoms with Crippen LogP contribution in [0.2, 0.25) is 0 Å². The number of fused-ring (bicyclic) bond motifs is 2. The Balaban J connectivity index is 0.794. The van der Waals surface area contributed by atoms with Crippen molar-refractivity contribution in [2.75, 3.05) is 55.6 Å².